The summed E-state index contributed by atoms with van der Waals surface area (Å²) in [4.78, 5) is 15.7. The molecule has 0 radical (unpaired) electrons. The molecular weight excluding hydrogens is 248 g/mol. The highest BCUT2D eigenvalue weighted by Gasteiger charge is 2.18. The lowest BCUT2D eigenvalue weighted by atomic mass is 10.1. The normalized spacial score (nSPS) is 10.0. The highest BCUT2D eigenvalue weighted by molar-refractivity contribution is 7.15. The first-order chi connectivity index (χ1) is 8.63. The number of aromatic nitrogens is 1. The Kier molecular flexibility index (Phi) is 3.40. The Bertz CT molecular complexity index is 641. The smallest absolute Gasteiger partial charge is 0.355 e. The highest BCUT2D eigenvalue weighted by Crippen LogP contribution is 2.30. The molecule has 1 N–H and O–H groups in total. The minimum Gasteiger partial charge on any atom is -0.476 e. The zero-order valence-electron chi connectivity index (χ0n) is 9.67. The maximum Gasteiger partial charge on any atom is 0.355 e. The molecule has 0 aliphatic heterocycles. The molecule has 18 heavy (non-hydrogen) atoms. The van der Waals surface area contributed by atoms with E-state index in [4.69, 9.17) is 10.4 Å². The minimum absolute atomic E-state index is 0.0141. The summed E-state index contributed by atoms with van der Waals surface area (Å²) in [6, 6.07) is 9.61. The van der Waals surface area contributed by atoms with Crippen molar-refractivity contribution in [2.45, 2.75) is 13.3 Å². The largest absolute Gasteiger partial charge is 0.476 e. The van der Waals surface area contributed by atoms with E-state index in [-0.39, 0.29) is 12.1 Å². The Morgan fingerprint density at radius 2 is 2.22 bits per heavy atom. The Hall–Kier alpha value is -2.19. The summed E-state index contributed by atoms with van der Waals surface area (Å²) < 4.78 is 0. The van der Waals surface area contributed by atoms with Gasteiger partial charge in [-0.1, -0.05) is 24.3 Å². The van der Waals surface area contributed by atoms with Crippen LogP contribution in [0.4, 0.5) is 0 Å². The zero-order valence-corrected chi connectivity index (χ0v) is 10.5. The van der Waals surface area contributed by atoms with Crippen LogP contribution < -0.4 is 0 Å². The summed E-state index contributed by atoms with van der Waals surface area (Å²) in [5.74, 6) is -1.09. The minimum atomic E-state index is -1.09. The van der Waals surface area contributed by atoms with Gasteiger partial charge < -0.3 is 5.11 Å². The van der Waals surface area contributed by atoms with Crippen molar-refractivity contribution in [3.8, 4) is 16.6 Å². The van der Waals surface area contributed by atoms with Gasteiger partial charge in [-0.05, 0) is 12.5 Å². The Labute approximate surface area is 108 Å². The molecule has 1 aromatic heterocycles. The number of carbonyl (C=O) groups is 1. The van der Waals surface area contributed by atoms with Crippen molar-refractivity contribution in [3.05, 3.63) is 40.4 Å². The third-order valence-electron chi connectivity index (χ3n) is 2.52. The van der Waals surface area contributed by atoms with E-state index in [0.717, 1.165) is 11.1 Å². The maximum absolute atomic E-state index is 11.1. The molecule has 90 valence electrons. The second kappa shape index (κ2) is 4.98. The fourth-order valence-electron chi connectivity index (χ4n) is 1.64. The van der Waals surface area contributed by atoms with Crippen LogP contribution in [-0.4, -0.2) is 16.1 Å². The van der Waals surface area contributed by atoms with Crippen molar-refractivity contribution in [1.29, 1.82) is 5.26 Å². The first-order valence-electron chi connectivity index (χ1n) is 5.29. The van der Waals surface area contributed by atoms with Gasteiger partial charge in [0.05, 0.1) is 17.4 Å². The third kappa shape index (κ3) is 2.24. The number of carboxylic acid groups (broad SMARTS) is 1. The summed E-state index contributed by atoms with van der Waals surface area (Å²) in [5.41, 5.74) is 1.93. The lowest BCUT2D eigenvalue weighted by Crippen LogP contribution is -2.00. The third-order valence-corrected chi connectivity index (χ3v) is 3.60. The van der Waals surface area contributed by atoms with Crippen LogP contribution in [0.3, 0.4) is 0 Å². The van der Waals surface area contributed by atoms with Gasteiger partial charge in [-0.25, -0.2) is 9.78 Å². The van der Waals surface area contributed by atoms with Crippen molar-refractivity contribution in [2.24, 2.45) is 0 Å². The molecule has 0 aliphatic rings. The van der Waals surface area contributed by atoms with E-state index in [1.54, 1.807) is 0 Å². The first kappa shape index (κ1) is 12.3. The molecule has 0 saturated heterocycles. The fraction of sp³-hybridized carbons (Fsp3) is 0.154. The number of aromatic carboxylic acids is 1. The molecule has 0 aliphatic carbocycles. The average Bonchev–Trinajstić information content (AvgIpc) is 2.74. The van der Waals surface area contributed by atoms with Crippen LogP contribution in [0.25, 0.3) is 10.6 Å². The van der Waals surface area contributed by atoms with Crippen molar-refractivity contribution >= 4 is 17.3 Å². The lowest BCUT2D eigenvalue weighted by molar-refractivity contribution is 0.0690. The SMILES string of the molecule is Cc1ccccc1-c1nc(C(=O)O)c(CC#N)s1. The molecule has 0 saturated carbocycles. The molecular formula is C13H10N2O2S. The number of hydrogen-bond donors (Lipinski definition) is 1. The molecule has 4 nitrogen and oxygen atoms in total. The van der Waals surface area contributed by atoms with Crippen molar-refractivity contribution < 1.29 is 9.90 Å². The number of carboxylic acids is 1. The van der Waals surface area contributed by atoms with E-state index in [1.165, 1.54) is 11.3 Å². The second-order valence-corrected chi connectivity index (χ2v) is 4.83. The van der Waals surface area contributed by atoms with Crippen LogP contribution in [0.15, 0.2) is 24.3 Å². The van der Waals surface area contributed by atoms with Gasteiger partial charge in [0.1, 0.15) is 5.01 Å². The van der Waals surface area contributed by atoms with E-state index in [0.29, 0.717) is 9.88 Å². The molecule has 1 heterocycles. The van der Waals surface area contributed by atoms with Gasteiger partial charge >= 0.3 is 5.97 Å². The summed E-state index contributed by atoms with van der Waals surface area (Å²) >= 11 is 1.27. The second-order valence-electron chi connectivity index (χ2n) is 3.75. The molecule has 0 spiro atoms. The van der Waals surface area contributed by atoms with Gasteiger partial charge in [0.2, 0.25) is 0 Å². The number of nitrogens with zero attached hydrogens (tertiary/aromatic N) is 2. The Morgan fingerprint density at radius 1 is 1.50 bits per heavy atom. The van der Waals surface area contributed by atoms with E-state index in [1.807, 2.05) is 37.3 Å². The molecule has 5 heteroatoms. The number of nitriles is 1. The predicted octanol–water partition coefficient (Wildman–Crippen LogP) is 2.88. The quantitative estimate of drug-likeness (QED) is 0.918. The number of thiazole rings is 1. The van der Waals surface area contributed by atoms with Crippen molar-refractivity contribution in [1.82, 2.24) is 4.98 Å². The fourth-order valence-corrected chi connectivity index (χ4v) is 2.71. The van der Waals surface area contributed by atoms with Gasteiger partial charge in [0.15, 0.2) is 5.69 Å². The molecule has 0 unspecified atom stereocenters. The molecule has 1 aromatic carbocycles. The van der Waals surface area contributed by atoms with Gasteiger partial charge in [-0.2, -0.15) is 5.26 Å². The van der Waals surface area contributed by atoms with E-state index < -0.39 is 5.97 Å². The van der Waals surface area contributed by atoms with Crippen LogP contribution in [-0.2, 0) is 6.42 Å². The summed E-state index contributed by atoms with van der Waals surface area (Å²) in [6.45, 7) is 1.95. The molecule has 0 fully saturated rings. The number of hydrogen-bond acceptors (Lipinski definition) is 4. The maximum atomic E-state index is 11.1. The van der Waals surface area contributed by atoms with E-state index in [2.05, 4.69) is 4.98 Å². The van der Waals surface area contributed by atoms with Crippen LogP contribution >= 0.6 is 11.3 Å². The van der Waals surface area contributed by atoms with Gasteiger partial charge in [0.25, 0.3) is 0 Å². The van der Waals surface area contributed by atoms with Gasteiger partial charge in [0, 0.05) is 5.56 Å². The lowest BCUT2D eigenvalue weighted by Gasteiger charge is -1.99. The van der Waals surface area contributed by atoms with Gasteiger partial charge in [-0.3, -0.25) is 0 Å². The number of benzene rings is 1. The Morgan fingerprint density at radius 3 is 2.83 bits per heavy atom. The van der Waals surface area contributed by atoms with Crippen LogP contribution in [0.5, 0.6) is 0 Å². The number of rotatable bonds is 3. The molecule has 0 bridgehead atoms. The number of aryl methyl sites for hydroxylation is 1. The molecule has 2 rings (SSSR count). The predicted molar refractivity (Wildman–Crippen MR) is 68.6 cm³/mol. The standard InChI is InChI=1S/C13H10N2O2S/c1-8-4-2-3-5-9(8)12-15-11(13(16)17)10(18-12)6-7-14/h2-5H,6H2,1H3,(H,16,17). The highest BCUT2D eigenvalue weighted by atomic mass is 32.1. The van der Waals surface area contributed by atoms with E-state index >= 15 is 0 Å². The summed E-state index contributed by atoms with van der Waals surface area (Å²) in [6.07, 6.45) is 0.0746. The molecule has 0 atom stereocenters. The van der Waals surface area contributed by atoms with Crippen molar-refractivity contribution in [3.63, 3.8) is 0 Å². The summed E-state index contributed by atoms with van der Waals surface area (Å²) in [7, 11) is 0. The zero-order chi connectivity index (χ0) is 13.1. The van der Waals surface area contributed by atoms with Crippen LogP contribution in [0.2, 0.25) is 0 Å². The summed E-state index contributed by atoms with van der Waals surface area (Å²) in [5, 5.41) is 18.4. The molecule has 2 aromatic rings. The molecule has 0 amide bonds. The van der Waals surface area contributed by atoms with Crippen LogP contribution in [0, 0.1) is 18.3 Å². The topological polar surface area (TPSA) is 74.0 Å². The average molecular weight is 258 g/mol. The monoisotopic (exact) mass is 258 g/mol. The van der Waals surface area contributed by atoms with Gasteiger partial charge in [-0.15, -0.1) is 11.3 Å². The van der Waals surface area contributed by atoms with Crippen molar-refractivity contribution in [2.75, 3.05) is 0 Å². The Balaban J connectivity index is 2.54. The first-order valence-corrected chi connectivity index (χ1v) is 6.11. The van der Waals surface area contributed by atoms with E-state index in [9.17, 15) is 4.79 Å². The van der Waals surface area contributed by atoms with Crippen LogP contribution in [0.1, 0.15) is 20.9 Å².